The van der Waals surface area contributed by atoms with E-state index in [-0.39, 0.29) is 6.10 Å². The number of aliphatic carboxylic acids is 1. The number of hydrogen-bond acceptors (Lipinski definition) is 4. The normalized spacial score (nSPS) is 13.1. The first-order chi connectivity index (χ1) is 9.96. The van der Waals surface area contributed by atoms with Crippen molar-refractivity contribution in [3.8, 4) is 0 Å². The topological polar surface area (TPSA) is 59.4 Å². The summed E-state index contributed by atoms with van der Waals surface area (Å²) in [4.78, 5) is 15.8. The van der Waals surface area contributed by atoms with Crippen LogP contribution in [0.5, 0.6) is 0 Å². The molecule has 2 aromatic rings. The lowest BCUT2D eigenvalue weighted by molar-refractivity contribution is -0.142. The number of benzene rings is 1. The summed E-state index contributed by atoms with van der Waals surface area (Å²) in [6.45, 7) is 5.82. The average Bonchev–Trinajstić information content (AvgIpc) is 2.95. The van der Waals surface area contributed by atoms with Gasteiger partial charge in [-0.2, -0.15) is 0 Å². The Morgan fingerprint density at radius 3 is 2.62 bits per heavy atom. The van der Waals surface area contributed by atoms with E-state index in [1.807, 2.05) is 37.3 Å². The molecule has 0 aliphatic heterocycles. The van der Waals surface area contributed by atoms with Crippen LogP contribution < -0.4 is 0 Å². The Labute approximate surface area is 128 Å². The molecule has 1 N–H and O–H groups in total. The fourth-order valence-corrected chi connectivity index (χ4v) is 2.97. The Hall–Kier alpha value is -1.72. The molecule has 0 bridgehead atoms. The first kappa shape index (κ1) is 15.7. The van der Waals surface area contributed by atoms with Crippen LogP contribution in [0.15, 0.2) is 35.7 Å². The predicted molar refractivity (Wildman–Crippen MR) is 82.7 cm³/mol. The summed E-state index contributed by atoms with van der Waals surface area (Å²) in [5.74, 6) is -0.882. The minimum Gasteiger partial charge on any atom is -0.481 e. The third kappa shape index (κ3) is 3.31. The van der Waals surface area contributed by atoms with Gasteiger partial charge in [-0.25, -0.2) is 4.98 Å². The number of carboxylic acids is 1. The standard InChI is InChI=1S/C16H19NO3S/c1-4-20-13(11-8-6-5-7-9-11)14-17-12(10-21-14)16(2,3)15(18)19/h5-10,13H,4H2,1-3H3,(H,18,19). The molecule has 0 radical (unpaired) electrons. The second-order valence-corrected chi connectivity index (χ2v) is 6.14. The van der Waals surface area contributed by atoms with Crippen molar-refractivity contribution in [1.29, 1.82) is 0 Å². The number of ether oxygens (including phenoxy) is 1. The lowest BCUT2D eigenvalue weighted by Crippen LogP contribution is -2.29. The lowest BCUT2D eigenvalue weighted by Gasteiger charge is -2.17. The van der Waals surface area contributed by atoms with Crippen LogP contribution >= 0.6 is 11.3 Å². The molecule has 21 heavy (non-hydrogen) atoms. The van der Waals surface area contributed by atoms with Crippen LogP contribution in [-0.2, 0) is 14.9 Å². The molecule has 0 saturated heterocycles. The van der Waals surface area contributed by atoms with Gasteiger partial charge in [0.15, 0.2) is 0 Å². The summed E-state index contributed by atoms with van der Waals surface area (Å²) in [5.41, 5.74) is 0.589. The summed E-state index contributed by atoms with van der Waals surface area (Å²) in [6, 6.07) is 9.84. The maximum absolute atomic E-state index is 11.3. The molecule has 1 aromatic carbocycles. The third-order valence-electron chi connectivity index (χ3n) is 3.36. The molecule has 1 heterocycles. The molecule has 4 nitrogen and oxygen atoms in total. The second kappa shape index (κ2) is 6.37. The zero-order valence-corrected chi connectivity index (χ0v) is 13.2. The molecule has 5 heteroatoms. The SMILES string of the molecule is CCOC(c1ccccc1)c1nc(C(C)(C)C(=O)O)cs1. The molecular weight excluding hydrogens is 286 g/mol. The Morgan fingerprint density at radius 1 is 1.38 bits per heavy atom. The summed E-state index contributed by atoms with van der Waals surface area (Å²) in [5, 5.41) is 11.9. The molecule has 0 saturated carbocycles. The van der Waals surface area contributed by atoms with Crippen LogP contribution in [0.4, 0.5) is 0 Å². The van der Waals surface area contributed by atoms with Crippen molar-refractivity contribution in [2.24, 2.45) is 0 Å². The van der Waals surface area contributed by atoms with E-state index in [1.54, 1.807) is 19.2 Å². The molecule has 0 amide bonds. The van der Waals surface area contributed by atoms with E-state index in [4.69, 9.17) is 4.74 Å². The minimum atomic E-state index is -0.998. The van der Waals surface area contributed by atoms with E-state index < -0.39 is 11.4 Å². The zero-order valence-electron chi connectivity index (χ0n) is 12.4. The number of aromatic nitrogens is 1. The van der Waals surface area contributed by atoms with Crippen LogP contribution in [0.1, 0.15) is 43.1 Å². The minimum absolute atomic E-state index is 0.250. The molecule has 1 aromatic heterocycles. The highest BCUT2D eigenvalue weighted by molar-refractivity contribution is 7.09. The Morgan fingerprint density at radius 2 is 2.05 bits per heavy atom. The average molecular weight is 305 g/mol. The number of thiazole rings is 1. The van der Waals surface area contributed by atoms with Gasteiger partial charge in [0, 0.05) is 12.0 Å². The van der Waals surface area contributed by atoms with Gasteiger partial charge in [0.1, 0.15) is 16.5 Å². The van der Waals surface area contributed by atoms with Crippen molar-refractivity contribution >= 4 is 17.3 Å². The van der Waals surface area contributed by atoms with E-state index >= 15 is 0 Å². The summed E-state index contributed by atoms with van der Waals surface area (Å²) < 4.78 is 5.80. The Balaban J connectivity index is 2.35. The number of carbonyl (C=O) groups is 1. The van der Waals surface area contributed by atoms with E-state index in [0.717, 1.165) is 10.6 Å². The molecule has 1 unspecified atom stereocenters. The highest BCUT2D eigenvalue weighted by atomic mass is 32.1. The summed E-state index contributed by atoms with van der Waals surface area (Å²) in [7, 11) is 0. The van der Waals surface area contributed by atoms with Gasteiger partial charge in [-0.05, 0) is 26.3 Å². The highest BCUT2D eigenvalue weighted by Crippen LogP contribution is 2.32. The van der Waals surface area contributed by atoms with Crippen LogP contribution in [0.3, 0.4) is 0 Å². The molecule has 0 fully saturated rings. The van der Waals surface area contributed by atoms with Crippen molar-refractivity contribution in [2.45, 2.75) is 32.3 Å². The summed E-state index contributed by atoms with van der Waals surface area (Å²) in [6.07, 6.45) is -0.250. The number of nitrogens with zero attached hydrogens (tertiary/aromatic N) is 1. The van der Waals surface area contributed by atoms with Crippen molar-refractivity contribution in [3.63, 3.8) is 0 Å². The lowest BCUT2D eigenvalue weighted by atomic mass is 9.90. The van der Waals surface area contributed by atoms with Gasteiger partial charge < -0.3 is 9.84 Å². The molecular formula is C16H19NO3S. The number of hydrogen-bond donors (Lipinski definition) is 1. The van der Waals surface area contributed by atoms with Gasteiger partial charge in [0.2, 0.25) is 0 Å². The molecule has 2 rings (SSSR count). The smallest absolute Gasteiger partial charge is 0.315 e. The van der Waals surface area contributed by atoms with Gasteiger partial charge in [-0.3, -0.25) is 4.79 Å². The monoisotopic (exact) mass is 305 g/mol. The molecule has 0 spiro atoms. The summed E-state index contributed by atoms with van der Waals surface area (Å²) >= 11 is 1.44. The largest absolute Gasteiger partial charge is 0.481 e. The van der Waals surface area contributed by atoms with Crippen LogP contribution in [0, 0.1) is 0 Å². The van der Waals surface area contributed by atoms with Crippen molar-refractivity contribution < 1.29 is 14.6 Å². The van der Waals surface area contributed by atoms with E-state index in [1.165, 1.54) is 11.3 Å². The molecule has 0 aliphatic carbocycles. The van der Waals surface area contributed by atoms with E-state index in [2.05, 4.69) is 4.98 Å². The Kier molecular flexibility index (Phi) is 4.75. The number of carboxylic acid groups (broad SMARTS) is 1. The van der Waals surface area contributed by atoms with Crippen molar-refractivity contribution in [2.75, 3.05) is 6.61 Å². The van der Waals surface area contributed by atoms with Crippen LogP contribution in [0.25, 0.3) is 0 Å². The first-order valence-electron chi connectivity index (χ1n) is 6.82. The van der Waals surface area contributed by atoms with Gasteiger partial charge in [0.05, 0.1) is 5.69 Å². The molecule has 112 valence electrons. The molecule has 0 aliphatic rings. The maximum atomic E-state index is 11.3. The predicted octanol–water partition coefficient (Wildman–Crippen LogP) is 3.63. The number of rotatable bonds is 6. The van der Waals surface area contributed by atoms with Crippen LogP contribution in [0.2, 0.25) is 0 Å². The second-order valence-electron chi connectivity index (χ2n) is 5.25. The van der Waals surface area contributed by atoms with Gasteiger partial charge in [0.25, 0.3) is 0 Å². The van der Waals surface area contributed by atoms with Gasteiger partial charge >= 0.3 is 5.97 Å². The molecule has 1 atom stereocenters. The zero-order chi connectivity index (χ0) is 15.5. The highest BCUT2D eigenvalue weighted by Gasteiger charge is 2.33. The van der Waals surface area contributed by atoms with Crippen molar-refractivity contribution in [3.05, 3.63) is 52.0 Å². The fourth-order valence-electron chi connectivity index (χ4n) is 1.91. The van der Waals surface area contributed by atoms with E-state index in [0.29, 0.717) is 12.3 Å². The Bertz CT molecular complexity index is 607. The van der Waals surface area contributed by atoms with Crippen LogP contribution in [-0.4, -0.2) is 22.7 Å². The first-order valence-corrected chi connectivity index (χ1v) is 7.70. The third-order valence-corrected chi connectivity index (χ3v) is 4.24. The fraction of sp³-hybridized carbons (Fsp3) is 0.375. The quantitative estimate of drug-likeness (QED) is 0.885. The van der Waals surface area contributed by atoms with Crippen molar-refractivity contribution in [1.82, 2.24) is 4.98 Å². The van der Waals surface area contributed by atoms with E-state index in [9.17, 15) is 9.90 Å². The van der Waals surface area contributed by atoms with Gasteiger partial charge in [-0.15, -0.1) is 11.3 Å². The van der Waals surface area contributed by atoms with Gasteiger partial charge in [-0.1, -0.05) is 30.3 Å². The maximum Gasteiger partial charge on any atom is 0.315 e.